The van der Waals surface area contributed by atoms with Crippen LogP contribution in [0.15, 0.2) is 24.3 Å². The molecule has 0 bridgehead atoms. The second kappa shape index (κ2) is 8.70. The summed E-state index contributed by atoms with van der Waals surface area (Å²) in [6.45, 7) is 8.42. The first-order valence-corrected chi connectivity index (χ1v) is 10.5. The molecule has 2 saturated heterocycles. The van der Waals surface area contributed by atoms with Gasteiger partial charge in [0.15, 0.2) is 0 Å². The molecule has 3 rings (SSSR count). The number of hydrogen-bond donors (Lipinski definition) is 0. The molecule has 1 amide bonds. The zero-order chi connectivity index (χ0) is 17.6. The van der Waals surface area contributed by atoms with Gasteiger partial charge in [-0.05, 0) is 56.2 Å². The molecular formula is C19H29N3O2S. The number of nitrogens with zero attached hydrogens (tertiary/aromatic N) is 3. The van der Waals surface area contributed by atoms with Crippen molar-refractivity contribution < 1.29 is 9.53 Å². The summed E-state index contributed by atoms with van der Waals surface area (Å²) < 4.78 is 5.06. The van der Waals surface area contributed by atoms with Gasteiger partial charge in [0, 0.05) is 30.6 Å². The number of hydrazine groups is 1. The van der Waals surface area contributed by atoms with E-state index in [4.69, 9.17) is 4.74 Å². The summed E-state index contributed by atoms with van der Waals surface area (Å²) in [4.78, 5) is 14.3. The smallest absolute Gasteiger partial charge is 0.428 e. The van der Waals surface area contributed by atoms with Gasteiger partial charge in [0.1, 0.15) is 6.61 Å². The first-order valence-electron chi connectivity index (χ1n) is 9.41. The molecule has 1 aromatic carbocycles. The topological polar surface area (TPSA) is 36.0 Å². The van der Waals surface area contributed by atoms with Crippen LogP contribution in [-0.4, -0.2) is 54.9 Å². The molecule has 6 heteroatoms. The van der Waals surface area contributed by atoms with Crippen molar-refractivity contribution in [3.63, 3.8) is 0 Å². The third kappa shape index (κ3) is 4.35. The first-order chi connectivity index (χ1) is 12.2. The van der Waals surface area contributed by atoms with Crippen LogP contribution in [-0.2, 0) is 4.74 Å². The minimum absolute atomic E-state index is 0.252. The van der Waals surface area contributed by atoms with E-state index in [0.717, 1.165) is 30.6 Å². The highest BCUT2D eigenvalue weighted by atomic mass is 32.2. The minimum Gasteiger partial charge on any atom is -0.446 e. The van der Waals surface area contributed by atoms with Crippen molar-refractivity contribution in [1.29, 1.82) is 0 Å². The summed E-state index contributed by atoms with van der Waals surface area (Å²) in [5.41, 5.74) is 2.32. The summed E-state index contributed by atoms with van der Waals surface area (Å²) in [7, 11) is 0. The van der Waals surface area contributed by atoms with Crippen molar-refractivity contribution >= 4 is 29.2 Å². The number of hydrogen-bond acceptors (Lipinski definition) is 5. The Kier molecular flexibility index (Phi) is 6.34. The Hall–Kier alpha value is -1.56. The largest absolute Gasteiger partial charge is 0.446 e. The van der Waals surface area contributed by atoms with Gasteiger partial charge in [0.2, 0.25) is 0 Å². The van der Waals surface area contributed by atoms with Crippen LogP contribution in [0.2, 0.25) is 0 Å². The van der Waals surface area contributed by atoms with Gasteiger partial charge in [-0.15, -0.1) is 0 Å². The maximum atomic E-state index is 11.8. The highest BCUT2D eigenvalue weighted by Gasteiger charge is 2.27. The summed E-state index contributed by atoms with van der Waals surface area (Å²) in [5, 5.41) is 4.50. The number of anilines is 2. The molecule has 0 aliphatic carbocycles. The Morgan fingerprint density at radius 2 is 1.88 bits per heavy atom. The molecule has 5 nitrogen and oxygen atoms in total. The standard InChI is InChI=1S/C19H29N3O2S/c1-3-15-25-18-9-11-20(12-10-18)16-5-7-17(8-6-16)21(4-2)22-13-14-24-19(22)23/h5-8,18H,3-4,9-15H2,1-2H3. The molecule has 138 valence electrons. The third-order valence-electron chi connectivity index (χ3n) is 4.84. The number of amides is 1. The fraction of sp³-hybridized carbons (Fsp3) is 0.632. The Balaban J connectivity index is 1.59. The zero-order valence-corrected chi connectivity index (χ0v) is 16.1. The van der Waals surface area contributed by atoms with Gasteiger partial charge in [-0.25, -0.2) is 9.80 Å². The summed E-state index contributed by atoms with van der Waals surface area (Å²) in [5.74, 6) is 1.28. The van der Waals surface area contributed by atoms with Crippen molar-refractivity contribution in [3.8, 4) is 0 Å². The van der Waals surface area contributed by atoms with Gasteiger partial charge in [-0.3, -0.25) is 5.01 Å². The third-order valence-corrected chi connectivity index (χ3v) is 6.43. The lowest BCUT2D eigenvalue weighted by Crippen LogP contribution is -2.43. The molecule has 2 aliphatic heterocycles. The van der Waals surface area contributed by atoms with Gasteiger partial charge in [-0.2, -0.15) is 11.8 Å². The van der Waals surface area contributed by atoms with Crippen LogP contribution in [0, 0.1) is 0 Å². The highest BCUT2D eigenvalue weighted by molar-refractivity contribution is 7.99. The van der Waals surface area contributed by atoms with Crippen LogP contribution in [0.3, 0.4) is 0 Å². The number of piperidine rings is 1. The van der Waals surface area contributed by atoms with Crippen LogP contribution in [0.4, 0.5) is 16.2 Å². The molecule has 0 aromatic heterocycles. The predicted octanol–water partition coefficient (Wildman–Crippen LogP) is 3.99. The average molecular weight is 364 g/mol. The zero-order valence-electron chi connectivity index (χ0n) is 15.3. The molecule has 25 heavy (non-hydrogen) atoms. The Morgan fingerprint density at radius 3 is 2.44 bits per heavy atom. The number of rotatable bonds is 7. The predicted molar refractivity (Wildman–Crippen MR) is 106 cm³/mol. The maximum absolute atomic E-state index is 11.8. The molecule has 0 unspecified atom stereocenters. The number of ether oxygens (including phenoxy) is 1. The van der Waals surface area contributed by atoms with Crippen molar-refractivity contribution in [2.24, 2.45) is 0 Å². The normalized spacial score (nSPS) is 18.6. The van der Waals surface area contributed by atoms with Crippen LogP contribution in [0.1, 0.15) is 33.1 Å². The molecular weight excluding hydrogens is 334 g/mol. The van der Waals surface area contributed by atoms with E-state index in [1.165, 1.54) is 30.7 Å². The highest BCUT2D eigenvalue weighted by Crippen LogP contribution is 2.29. The Morgan fingerprint density at radius 1 is 1.16 bits per heavy atom. The Labute approximate surface area is 155 Å². The van der Waals surface area contributed by atoms with Crippen LogP contribution >= 0.6 is 11.8 Å². The van der Waals surface area contributed by atoms with Gasteiger partial charge >= 0.3 is 6.09 Å². The number of carbonyl (C=O) groups is 1. The molecule has 0 spiro atoms. The van der Waals surface area contributed by atoms with E-state index in [0.29, 0.717) is 13.2 Å². The van der Waals surface area contributed by atoms with Gasteiger partial charge < -0.3 is 9.64 Å². The maximum Gasteiger partial charge on any atom is 0.428 e. The van der Waals surface area contributed by atoms with Crippen LogP contribution in [0.25, 0.3) is 0 Å². The molecule has 2 aliphatic rings. The van der Waals surface area contributed by atoms with Crippen molar-refractivity contribution in [2.45, 2.75) is 38.4 Å². The lowest BCUT2D eigenvalue weighted by Gasteiger charge is -2.34. The monoisotopic (exact) mass is 363 g/mol. The van der Waals surface area contributed by atoms with E-state index in [1.54, 1.807) is 5.01 Å². The van der Waals surface area contributed by atoms with Crippen LogP contribution < -0.4 is 9.91 Å². The van der Waals surface area contributed by atoms with E-state index in [1.807, 2.05) is 5.01 Å². The molecule has 0 radical (unpaired) electrons. The molecule has 0 atom stereocenters. The van der Waals surface area contributed by atoms with Crippen molar-refractivity contribution in [1.82, 2.24) is 5.01 Å². The van der Waals surface area contributed by atoms with Crippen molar-refractivity contribution in [3.05, 3.63) is 24.3 Å². The molecule has 1 aromatic rings. The van der Waals surface area contributed by atoms with E-state index in [2.05, 4.69) is 54.8 Å². The second-order valence-corrected chi connectivity index (χ2v) is 7.94. The number of cyclic esters (lactones) is 1. The lowest BCUT2D eigenvalue weighted by molar-refractivity contribution is 0.156. The fourth-order valence-corrected chi connectivity index (χ4v) is 4.61. The van der Waals surface area contributed by atoms with E-state index in [9.17, 15) is 4.79 Å². The quantitative estimate of drug-likeness (QED) is 0.732. The molecule has 0 N–H and O–H groups in total. The average Bonchev–Trinajstić information content (AvgIpc) is 3.07. The van der Waals surface area contributed by atoms with E-state index in [-0.39, 0.29) is 6.09 Å². The lowest BCUT2D eigenvalue weighted by atomic mass is 10.1. The number of thioether (sulfide) groups is 1. The summed E-state index contributed by atoms with van der Waals surface area (Å²) in [6.07, 6.45) is 3.56. The minimum atomic E-state index is -0.252. The molecule has 2 heterocycles. The van der Waals surface area contributed by atoms with Crippen molar-refractivity contribution in [2.75, 3.05) is 48.4 Å². The van der Waals surface area contributed by atoms with E-state index < -0.39 is 0 Å². The molecule has 2 fully saturated rings. The second-order valence-electron chi connectivity index (χ2n) is 6.53. The molecule has 0 saturated carbocycles. The fourth-order valence-electron chi connectivity index (χ4n) is 3.50. The summed E-state index contributed by atoms with van der Waals surface area (Å²) >= 11 is 2.14. The van der Waals surface area contributed by atoms with E-state index >= 15 is 0 Å². The number of carbonyl (C=O) groups excluding carboxylic acids is 1. The van der Waals surface area contributed by atoms with Gasteiger partial charge in [-0.1, -0.05) is 6.92 Å². The van der Waals surface area contributed by atoms with Gasteiger partial charge in [0.05, 0.1) is 12.2 Å². The van der Waals surface area contributed by atoms with Crippen LogP contribution in [0.5, 0.6) is 0 Å². The SMILES string of the molecule is CCCSC1CCN(c2ccc(N(CC)N3CCOC3=O)cc2)CC1. The summed E-state index contributed by atoms with van der Waals surface area (Å²) in [6, 6.07) is 8.59. The first kappa shape index (κ1) is 18.2. The van der Waals surface area contributed by atoms with Gasteiger partial charge in [0.25, 0.3) is 0 Å². The Bertz CT molecular complexity index is 558. The number of benzene rings is 1.